The second kappa shape index (κ2) is 7.65. The molecule has 1 aromatic carbocycles. The van der Waals surface area contributed by atoms with E-state index >= 15 is 0 Å². The number of nitrogens with one attached hydrogen (secondary N) is 1. The Morgan fingerprint density at radius 2 is 2.00 bits per heavy atom. The molecule has 1 heterocycles. The number of rotatable bonds is 5. The number of anilines is 1. The third-order valence-corrected chi connectivity index (χ3v) is 5.55. The summed E-state index contributed by atoms with van der Waals surface area (Å²) in [6.07, 6.45) is -4.01. The zero-order valence-corrected chi connectivity index (χ0v) is 16.5. The third-order valence-electron chi connectivity index (χ3n) is 3.87. The summed E-state index contributed by atoms with van der Waals surface area (Å²) in [6.45, 7) is 3.11. The van der Waals surface area contributed by atoms with Crippen LogP contribution in [0.3, 0.4) is 0 Å². The molecule has 0 aliphatic rings. The van der Waals surface area contributed by atoms with E-state index in [0.717, 1.165) is 8.96 Å². The van der Waals surface area contributed by atoms with Crippen molar-refractivity contribution in [2.75, 3.05) is 5.32 Å². The van der Waals surface area contributed by atoms with Gasteiger partial charge in [-0.15, -0.1) is 11.6 Å². The Bertz CT molecular complexity index is 780. The highest BCUT2D eigenvalue weighted by atomic mass is 127. The lowest BCUT2D eigenvalue weighted by atomic mass is 9.83. The number of carbonyl (C=O) groups excluding carboxylic acids is 1. The fraction of sp³-hybridized carbons (Fsp3) is 0.412. The zero-order valence-electron chi connectivity index (χ0n) is 13.6. The van der Waals surface area contributed by atoms with Gasteiger partial charge in [-0.2, -0.15) is 13.2 Å². The predicted octanol–water partition coefficient (Wildman–Crippen LogP) is 5.75. The Morgan fingerprint density at radius 3 is 2.64 bits per heavy atom. The molecule has 0 radical (unpaired) electrons. The fourth-order valence-corrected chi connectivity index (χ4v) is 3.30. The Labute approximate surface area is 162 Å². The van der Waals surface area contributed by atoms with Gasteiger partial charge in [-0.3, -0.25) is 9.78 Å². The molecule has 0 saturated carbocycles. The number of fused-ring (bicyclic) bond motifs is 1. The Hall–Kier alpha value is -1.09. The van der Waals surface area contributed by atoms with Gasteiger partial charge < -0.3 is 5.32 Å². The number of hydrogen-bond donors (Lipinski definition) is 1. The van der Waals surface area contributed by atoms with Crippen LogP contribution in [0, 0.1) is 8.99 Å². The smallest absolute Gasteiger partial charge is 0.324 e. The molecule has 0 aliphatic heterocycles. The summed E-state index contributed by atoms with van der Waals surface area (Å²) in [6, 6.07) is 7.27. The van der Waals surface area contributed by atoms with E-state index in [-0.39, 0.29) is 6.42 Å². The van der Waals surface area contributed by atoms with Crippen LogP contribution in [0.25, 0.3) is 10.9 Å². The van der Waals surface area contributed by atoms with E-state index in [2.05, 4.69) is 32.9 Å². The Kier molecular flexibility index (Phi) is 6.19. The normalized spacial score (nSPS) is 13.7. The van der Waals surface area contributed by atoms with Crippen molar-refractivity contribution < 1.29 is 18.0 Å². The molecule has 0 fully saturated rings. The van der Waals surface area contributed by atoms with Crippen molar-refractivity contribution in [1.29, 1.82) is 0 Å². The molecule has 1 atom stereocenters. The first-order valence-corrected chi connectivity index (χ1v) is 9.05. The quantitative estimate of drug-likeness (QED) is 0.433. The van der Waals surface area contributed by atoms with Crippen LogP contribution in [-0.2, 0) is 4.79 Å². The largest absolute Gasteiger partial charge is 0.390 e. The summed E-state index contributed by atoms with van der Waals surface area (Å²) in [7, 11) is 0. The molecule has 0 spiro atoms. The van der Waals surface area contributed by atoms with Gasteiger partial charge in [0.05, 0.1) is 17.6 Å². The molecule has 1 N–H and O–H groups in total. The van der Waals surface area contributed by atoms with E-state index in [0.29, 0.717) is 11.2 Å². The van der Waals surface area contributed by atoms with E-state index in [1.165, 1.54) is 0 Å². The van der Waals surface area contributed by atoms with Crippen LogP contribution in [0.5, 0.6) is 0 Å². The van der Waals surface area contributed by atoms with Gasteiger partial charge in [0, 0.05) is 27.0 Å². The third kappa shape index (κ3) is 5.44. The minimum absolute atomic E-state index is 0.127. The number of aromatic nitrogens is 1. The van der Waals surface area contributed by atoms with Gasteiger partial charge in [0.25, 0.3) is 0 Å². The van der Waals surface area contributed by atoms with E-state index < -0.39 is 29.3 Å². The maximum Gasteiger partial charge on any atom is 0.390 e. The highest BCUT2D eigenvalue weighted by molar-refractivity contribution is 14.1. The molecular weight excluding hydrogens is 468 g/mol. The molecule has 8 heteroatoms. The van der Waals surface area contributed by atoms with Gasteiger partial charge >= 0.3 is 6.18 Å². The molecule has 0 bridgehead atoms. The maximum atomic E-state index is 12.5. The average molecular weight is 485 g/mol. The molecule has 25 heavy (non-hydrogen) atoms. The number of pyridine rings is 1. The van der Waals surface area contributed by atoms with Crippen LogP contribution in [0.1, 0.15) is 26.7 Å². The van der Waals surface area contributed by atoms with Crippen LogP contribution >= 0.6 is 34.2 Å². The summed E-state index contributed by atoms with van der Waals surface area (Å²) in [4.78, 5) is 16.6. The highest BCUT2D eigenvalue weighted by Crippen LogP contribution is 2.37. The van der Waals surface area contributed by atoms with Gasteiger partial charge in [-0.1, -0.05) is 19.9 Å². The van der Waals surface area contributed by atoms with E-state index in [4.69, 9.17) is 11.6 Å². The lowest BCUT2D eigenvalue weighted by Crippen LogP contribution is -2.33. The number of halogens is 5. The molecule has 2 aromatic rings. The standard InChI is InChI=1S/C17H17ClF3IN2O/c1-16(2,13(18)8-17(19,20)21)9-14(25)24-12-6-5-11(22)10-4-3-7-23-15(10)12/h3-7,13H,8-9H2,1-2H3,(H,24,25). The number of benzene rings is 1. The molecule has 1 unspecified atom stereocenters. The lowest BCUT2D eigenvalue weighted by Gasteiger charge is -2.30. The molecule has 0 aliphatic carbocycles. The fourth-order valence-electron chi connectivity index (χ4n) is 2.44. The summed E-state index contributed by atoms with van der Waals surface area (Å²) < 4.78 is 38.6. The van der Waals surface area contributed by atoms with Crippen molar-refractivity contribution in [3.63, 3.8) is 0 Å². The minimum atomic E-state index is -4.36. The topological polar surface area (TPSA) is 42.0 Å². The molecule has 0 saturated heterocycles. The van der Waals surface area contributed by atoms with Crippen LogP contribution in [0.4, 0.5) is 18.9 Å². The number of amides is 1. The SMILES string of the molecule is CC(C)(CC(=O)Nc1ccc(I)c2cccnc12)C(Cl)CC(F)(F)F. The van der Waals surface area contributed by atoms with Gasteiger partial charge in [0.2, 0.25) is 5.91 Å². The number of nitrogens with zero attached hydrogens (tertiary/aromatic N) is 1. The van der Waals surface area contributed by atoms with Crippen molar-refractivity contribution in [2.24, 2.45) is 5.41 Å². The Balaban J connectivity index is 2.14. The van der Waals surface area contributed by atoms with Crippen LogP contribution in [0.15, 0.2) is 30.5 Å². The summed E-state index contributed by atoms with van der Waals surface area (Å²) in [5.74, 6) is -0.397. The van der Waals surface area contributed by atoms with Crippen molar-refractivity contribution in [1.82, 2.24) is 4.98 Å². The van der Waals surface area contributed by atoms with E-state index in [1.54, 1.807) is 32.2 Å². The van der Waals surface area contributed by atoms with Crippen LogP contribution < -0.4 is 5.32 Å². The molecular formula is C17H17ClF3IN2O. The first kappa shape index (κ1) is 20.2. The minimum Gasteiger partial charge on any atom is -0.324 e. The number of carbonyl (C=O) groups is 1. The van der Waals surface area contributed by atoms with Gasteiger partial charge in [-0.05, 0) is 46.2 Å². The number of alkyl halides is 4. The second-order valence-corrected chi connectivity index (χ2v) is 8.18. The van der Waals surface area contributed by atoms with Gasteiger partial charge in [-0.25, -0.2) is 0 Å². The van der Waals surface area contributed by atoms with E-state index in [1.807, 2.05) is 12.1 Å². The van der Waals surface area contributed by atoms with Gasteiger partial charge in [0.15, 0.2) is 0 Å². The first-order chi connectivity index (χ1) is 11.5. The number of hydrogen-bond acceptors (Lipinski definition) is 2. The highest BCUT2D eigenvalue weighted by Gasteiger charge is 2.39. The monoisotopic (exact) mass is 484 g/mol. The second-order valence-electron chi connectivity index (χ2n) is 6.49. The summed E-state index contributed by atoms with van der Waals surface area (Å²) in [5.41, 5.74) is 0.158. The first-order valence-electron chi connectivity index (χ1n) is 7.53. The van der Waals surface area contributed by atoms with Crippen LogP contribution in [-0.4, -0.2) is 22.4 Å². The van der Waals surface area contributed by atoms with Gasteiger partial charge in [0.1, 0.15) is 0 Å². The van der Waals surface area contributed by atoms with Crippen LogP contribution in [0.2, 0.25) is 0 Å². The molecule has 2 rings (SSSR count). The lowest BCUT2D eigenvalue weighted by molar-refractivity contribution is -0.140. The van der Waals surface area contributed by atoms with Crippen molar-refractivity contribution in [3.8, 4) is 0 Å². The summed E-state index contributed by atoms with van der Waals surface area (Å²) >= 11 is 8.08. The predicted molar refractivity (Wildman–Crippen MR) is 102 cm³/mol. The van der Waals surface area contributed by atoms with Crippen molar-refractivity contribution in [3.05, 3.63) is 34.0 Å². The molecule has 1 amide bonds. The zero-order chi connectivity index (χ0) is 18.8. The Morgan fingerprint density at radius 1 is 1.32 bits per heavy atom. The van der Waals surface area contributed by atoms with Crippen molar-refractivity contribution >= 4 is 56.7 Å². The molecule has 136 valence electrons. The maximum absolute atomic E-state index is 12.5. The van der Waals surface area contributed by atoms with Crippen molar-refractivity contribution in [2.45, 2.75) is 38.2 Å². The molecule has 3 nitrogen and oxygen atoms in total. The summed E-state index contributed by atoms with van der Waals surface area (Å²) in [5, 5.41) is 2.45. The average Bonchev–Trinajstić information content (AvgIpc) is 2.48. The molecule has 1 aromatic heterocycles. The van der Waals surface area contributed by atoms with E-state index in [9.17, 15) is 18.0 Å².